The van der Waals surface area contributed by atoms with Gasteiger partial charge < -0.3 is 10.4 Å². The molecule has 0 aromatic heterocycles. The van der Waals surface area contributed by atoms with Crippen molar-refractivity contribution < 1.29 is 5.11 Å². The highest BCUT2D eigenvalue weighted by molar-refractivity contribution is 5.51. The second-order valence-electron chi connectivity index (χ2n) is 5.64. The van der Waals surface area contributed by atoms with E-state index in [0.717, 1.165) is 11.3 Å². The summed E-state index contributed by atoms with van der Waals surface area (Å²) in [5, 5.41) is 13.2. The minimum atomic E-state index is 0.381. The first-order chi connectivity index (χ1) is 8.74. The Morgan fingerprint density at radius 2 is 2.11 bits per heavy atom. The minimum absolute atomic E-state index is 0.381. The summed E-state index contributed by atoms with van der Waals surface area (Å²) in [6.07, 6.45) is 5.30. The zero-order chi connectivity index (χ0) is 12.5. The van der Waals surface area contributed by atoms with Gasteiger partial charge in [0.15, 0.2) is 0 Å². The molecule has 0 saturated carbocycles. The number of anilines is 1. The summed E-state index contributed by atoms with van der Waals surface area (Å²) in [5.74, 6) is 0.381. The van der Waals surface area contributed by atoms with Crippen molar-refractivity contribution in [2.45, 2.75) is 44.7 Å². The van der Waals surface area contributed by atoms with Crippen LogP contribution < -0.4 is 5.32 Å². The van der Waals surface area contributed by atoms with Crippen LogP contribution in [0.25, 0.3) is 0 Å². The zero-order valence-corrected chi connectivity index (χ0v) is 11.0. The highest BCUT2D eigenvalue weighted by atomic mass is 16.3. The molecule has 2 heterocycles. The molecule has 0 radical (unpaired) electrons. The van der Waals surface area contributed by atoms with Gasteiger partial charge in [-0.15, -0.1) is 0 Å². The molecular weight excluding hydrogens is 224 g/mol. The van der Waals surface area contributed by atoms with Gasteiger partial charge in [-0.05, 0) is 56.5 Å². The number of piperidine rings is 1. The number of aryl methyl sites for hydroxylation is 1. The quantitative estimate of drug-likeness (QED) is 0.788. The molecule has 0 bridgehead atoms. The molecule has 3 nitrogen and oxygen atoms in total. The van der Waals surface area contributed by atoms with Crippen molar-refractivity contribution in [2.24, 2.45) is 0 Å². The van der Waals surface area contributed by atoms with Crippen LogP contribution in [0.2, 0.25) is 0 Å². The van der Waals surface area contributed by atoms with Crippen molar-refractivity contribution in [1.82, 2.24) is 4.90 Å². The van der Waals surface area contributed by atoms with Crippen molar-refractivity contribution in [3.05, 3.63) is 23.8 Å². The van der Waals surface area contributed by atoms with Gasteiger partial charge in [-0.1, -0.05) is 6.42 Å². The molecule has 2 fully saturated rings. The second-order valence-corrected chi connectivity index (χ2v) is 5.64. The third-order valence-electron chi connectivity index (χ3n) is 4.40. The molecule has 3 heteroatoms. The fourth-order valence-corrected chi connectivity index (χ4v) is 3.38. The lowest BCUT2D eigenvalue weighted by Gasteiger charge is -2.33. The van der Waals surface area contributed by atoms with Crippen LogP contribution in [0, 0.1) is 6.92 Å². The predicted molar refractivity (Wildman–Crippen MR) is 74.1 cm³/mol. The zero-order valence-electron chi connectivity index (χ0n) is 11.0. The topological polar surface area (TPSA) is 35.5 Å². The summed E-state index contributed by atoms with van der Waals surface area (Å²) in [7, 11) is 0. The molecule has 98 valence electrons. The summed E-state index contributed by atoms with van der Waals surface area (Å²) in [6.45, 7) is 4.46. The van der Waals surface area contributed by atoms with Gasteiger partial charge in [-0.2, -0.15) is 0 Å². The van der Waals surface area contributed by atoms with E-state index >= 15 is 0 Å². The minimum Gasteiger partial charge on any atom is -0.508 e. The summed E-state index contributed by atoms with van der Waals surface area (Å²) < 4.78 is 0. The lowest BCUT2D eigenvalue weighted by atomic mass is 9.99. The molecule has 2 atom stereocenters. The molecule has 18 heavy (non-hydrogen) atoms. The van der Waals surface area contributed by atoms with Crippen LogP contribution in [-0.2, 0) is 0 Å². The number of benzene rings is 1. The molecule has 3 rings (SSSR count). The number of nitrogens with zero attached hydrogens (tertiary/aromatic N) is 1. The number of hydrogen-bond acceptors (Lipinski definition) is 3. The van der Waals surface area contributed by atoms with Gasteiger partial charge in [0.05, 0.1) is 0 Å². The van der Waals surface area contributed by atoms with Crippen molar-refractivity contribution in [1.29, 1.82) is 0 Å². The molecule has 1 aromatic carbocycles. The van der Waals surface area contributed by atoms with Gasteiger partial charge in [-0.25, -0.2) is 0 Å². The van der Waals surface area contributed by atoms with Gasteiger partial charge in [0.1, 0.15) is 5.75 Å². The first-order valence-corrected chi connectivity index (χ1v) is 7.04. The van der Waals surface area contributed by atoms with E-state index < -0.39 is 0 Å². The number of aromatic hydroxyl groups is 1. The molecule has 0 amide bonds. The van der Waals surface area contributed by atoms with E-state index in [4.69, 9.17) is 0 Å². The Bertz CT molecular complexity index is 433. The second kappa shape index (κ2) is 4.81. The third-order valence-corrected chi connectivity index (χ3v) is 4.40. The van der Waals surface area contributed by atoms with E-state index in [9.17, 15) is 5.11 Å². The number of hydrogen-bond donors (Lipinski definition) is 2. The molecule has 2 aliphatic rings. The number of phenolic OH excluding ortho intramolecular Hbond substituents is 1. The number of fused-ring (bicyclic) bond motifs is 1. The summed E-state index contributed by atoms with van der Waals surface area (Å²) >= 11 is 0. The molecular formula is C15H22N2O. The highest BCUT2D eigenvalue weighted by Crippen LogP contribution is 2.30. The normalized spacial score (nSPS) is 28.1. The Hall–Kier alpha value is -1.22. The molecule has 2 aliphatic heterocycles. The standard InChI is InChI=1S/C15H22N2O/c1-11-10-12(5-6-15(11)18)16-13-7-9-17-8-3-2-4-14(13)17/h5-6,10,13-14,16,18H,2-4,7-9H2,1H3. The van der Waals surface area contributed by atoms with Gasteiger partial charge in [0.2, 0.25) is 0 Å². The summed E-state index contributed by atoms with van der Waals surface area (Å²) in [5.41, 5.74) is 2.08. The number of rotatable bonds is 2. The first-order valence-electron chi connectivity index (χ1n) is 7.04. The van der Waals surface area contributed by atoms with E-state index in [-0.39, 0.29) is 0 Å². The van der Waals surface area contributed by atoms with Crippen LogP contribution in [0.4, 0.5) is 5.69 Å². The average molecular weight is 246 g/mol. The van der Waals surface area contributed by atoms with Gasteiger partial charge >= 0.3 is 0 Å². The van der Waals surface area contributed by atoms with E-state index in [1.807, 2.05) is 19.1 Å². The van der Waals surface area contributed by atoms with Crippen LogP contribution in [0.15, 0.2) is 18.2 Å². The average Bonchev–Trinajstić information content (AvgIpc) is 2.78. The SMILES string of the molecule is Cc1cc(NC2CCN3CCCCC23)ccc1O. The van der Waals surface area contributed by atoms with E-state index in [0.29, 0.717) is 17.8 Å². The smallest absolute Gasteiger partial charge is 0.118 e. The van der Waals surface area contributed by atoms with Gasteiger partial charge in [0, 0.05) is 24.3 Å². The Morgan fingerprint density at radius 3 is 2.94 bits per heavy atom. The van der Waals surface area contributed by atoms with Crippen molar-refractivity contribution in [3.8, 4) is 5.75 Å². The van der Waals surface area contributed by atoms with Gasteiger partial charge in [-0.3, -0.25) is 4.90 Å². The molecule has 2 N–H and O–H groups in total. The van der Waals surface area contributed by atoms with Crippen molar-refractivity contribution >= 4 is 5.69 Å². The monoisotopic (exact) mass is 246 g/mol. The molecule has 2 unspecified atom stereocenters. The van der Waals surface area contributed by atoms with Crippen molar-refractivity contribution in [3.63, 3.8) is 0 Å². The molecule has 0 spiro atoms. The maximum absolute atomic E-state index is 9.56. The molecule has 0 aliphatic carbocycles. The summed E-state index contributed by atoms with van der Waals surface area (Å²) in [4.78, 5) is 2.63. The van der Waals surface area contributed by atoms with Gasteiger partial charge in [0.25, 0.3) is 0 Å². The van der Waals surface area contributed by atoms with Crippen LogP contribution >= 0.6 is 0 Å². The maximum Gasteiger partial charge on any atom is 0.118 e. The highest BCUT2D eigenvalue weighted by Gasteiger charge is 2.35. The first kappa shape index (κ1) is 11.8. The van der Waals surface area contributed by atoms with E-state index in [1.54, 1.807) is 6.07 Å². The third kappa shape index (κ3) is 2.19. The van der Waals surface area contributed by atoms with Crippen LogP contribution in [0.5, 0.6) is 5.75 Å². The fourth-order valence-electron chi connectivity index (χ4n) is 3.38. The van der Waals surface area contributed by atoms with Crippen LogP contribution in [0.3, 0.4) is 0 Å². The predicted octanol–water partition coefficient (Wildman–Crippen LogP) is 2.74. The molecule has 1 aromatic rings. The Kier molecular flexibility index (Phi) is 3.16. The van der Waals surface area contributed by atoms with E-state index in [1.165, 1.54) is 38.8 Å². The summed E-state index contributed by atoms with van der Waals surface area (Å²) in [6, 6.07) is 7.10. The maximum atomic E-state index is 9.56. The van der Waals surface area contributed by atoms with Crippen molar-refractivity contribution in [2.75, 3.05) is 18.4 Å². The number of nitrogens with one attached hydrogen (secondary N) is 1. The van der Waals surface area contributed by atoms with E-state index in [2.05, 4.69) is 10.2 Å². The van der Waals surface area contributed by atoms with Crippen LogP contribution in [0.1, 0.15) is 31.2 Å². The largest absolute Gasteiger partial charge is 0.508 e. The Balaban J connectivity index is 1.70. The van der Waals surface area contributed by atoms with Crippen LogP contribution in [-0.4, -0.2) is 35.2 Å². The fraction of sp³-hybridized carbons (Fsp3) is 0.600. The molecule has 2 saturated heterocycles. The Labute approximate surface area is 109 Å². The Morgan fingerprint density at radius 1 is 1.22 bits per heavy atom. The lowest BCUT2D eigenvalue weighted by molar-refractivity contribution is 0.193. The number of phenols is 1. The lowest BCUT2D eigenvalue weighted by Crippen LogP contribution is -2.41.